The third-order valence-corrected chi connectivity index (χ3v) is 14.7. The fourth-order valence-electron chi connectivity index (χ4n) is 9.72. The van der Waals surface area contributed by atoms with Gasteiger partial charge in [-0.15, -0.1) is 0 Å². The number of methoxy groups -OCH3 is 3. The number of carboxylic acids is 1. The molecule has 3 N–H and O–H groups in total. The number of ether oxygens (including phenoxy) is 5. The standard InChI is InChI=1S/C28H31ClF2N2O6.C27H29ClF2N2O6/c1-15(2)22(14-34)33-13-19(28(36)38-4)27(35)18-10-16(23(37-3)12-20(18)33)9-17-11-21(26(31)24(29)25(17)30)32-5-7-39-8-6-32;1-14(2)21(13-33)32-12-18(27(35)36)26(34)17-9-15(22(37-3)11-19(17)32)8-16-10-20(25(30)23(28)24(16)29)31-4-6-38-7-5-31/h10-13,15,22,34H,5-9,14H2,1-4H3;9-12,14,21,33H,4-8,13H2,1-3H3,(H,35,36)/t22-;21-/m11/s1. The number of pyridine rings is 2. The van der Waals surface area contributed by atoms with Gasteiger partial charge in [0.2, 0.25) is 10.9 Å². The topological polar surface area (TPSA) is 191 Å². The average molecular weight is 1120 g/mol. The van der Waals surface area contributed by atoms with E-state index < -0.39 is 73.8 Å². The van der Waals surface area contributed by atoms with E-state index in [1.54, 1.807) is 31.1 Å². The van der Waals surface area contributed by atoms with Gasteiger partial charge in [-0.1, -0.05) is 50.9 Å². The monoisotopic (exact) mass is 1110 g/mol. The van der Waals surface area contributed by atoms with E-state index in [0.717, 1.165) is 0 Å². The molecule has 77 heavy (non-hydrogen) atoms. The highest BCUT2D eigenvalue weighted by molar-refractivity contribution is 6.31. The lowest BCUT2D eigenvalue weighted by molar-refractivity contribution is 0.0596. The van der Waals surface area contributed by atoms with E-state index in [0.29, 0.717) is 86.3 Å². The summed E-state index contributed by atoms with van der Waals surface area (Å²) in [6.45, 7) is 10.3. The molecule has 0 unspecified atom stereocenters. The van der Waals surface area contributed by atoms with Gasteiger partial charge in [-0.2, -0.15) is 0 Å². The van der Waals surface area contributed by atoms with Crippen molar-refractivity contribution in [1.82, 2.24) is 9.13 Å². The number of hydrogen-bond acceptors (Lipinski definition) is 13. The molecule has 2 aliphatic heterocycles. The first kappa shape index (κ1) is 58.3. The maximum atomic E-state index is 15.2. The maximum Gasteiger partial charge on any atom is 0.343 e. The third-order valence-electron chi connectivity index (χ3n) is 14.0. The average Bonchev–Trinajstić information content (AvgIpc) is 3.45. The van der Waals surface area contributed by atoms with Crippen molar-refractivity contribution in [3.05, 3.63) is 136 Å². The van der Waals surface area contributed by atoms with Crippen LogP contribution >= 0.6 is 23.2 Å². The predicted octanol–water partition coefficient (Wildman–Crippen LogP) is 8.60. The summed E-state index contributed by atoms with van der Waals surface area (Å²) >= 11 is 12.1. The quantitative estimate of drug-likeness (QED) is 0.0474. The molecule has 0 amide bonds. The Labute approximate surface area is 450 Å². The molecule has 0 saturated carbocycles. The lowest BCUT2D eigenvalue weighted by Crippen LogP contribution is -2.37. The minimum Gasteiger partial charge on any atom is -0.496 e. The van der Waals surface area contributed by atoms with Crippen molar-refractivity contribution in [2.24, 2.45) is 11.8 Å². The molecule has 0 spiro atoms. The first-order valence-corrected chi connectivity index (χ1v) is 25.5. The summed E-state index contributed by atoms with van der Waals surface area (Å²) in [5.74, 6) is -5.27. The minimum absolute atomic E-state index is 0.0501. The van der Waals surface area contributed by atoms with Gasteiger partial charge < -0.3 is 57.9 Å². The number of hydrogen-bond donors (Lipinski definition) is 3. The zero-order valence-electron chi connectivity index (χ0n) is 43.5. The summed E-state index contributed by atoms with van der Waals surface area (Å²) in [5, 5.41) is 28.8. The van der Waals surface area contributed by atoms with E-state index >= 15 is 8.78 Å². The number of nitrogens with zero attached hydrogens (tertiary/aromatic N) is 4. The number of rotatable bonds is 16. The van der Waals surface area contributed by atoms with Crippen LogP contribution in [0.4, 0.5) is 28.9 Å². The van der Waals surface area contributed by atoms with Gasteiger partial charge in [-0.05, 0) is 58.4 Å². The van der Waals surface area contributed by atoms with Gasteiger partial charge in [-0.3, -0.25) is 9.59 Å². The van der Waals surface area contributed by atoms with Crippen LogP contribution in [0.5, 0.6) is 11.5 Å². The highest BCUT2D eigenvalue weighted by Gasteiger charge is 2.29. The van der Waals surface area contributed by atoms with Crippen LogP contribution in [0.2, 0.25) is 10.0 Å². The molecule has 16 nitrogen and oxygen atoms in total. The number of morpholine rings is 2. The summed E-state index contributed by atoms with van der Waals surface area (Å²) < 4.78 is 90.1. The third kappa shape index (κ3) is 11.9. The molecular formula is C55H60Cl2F4N4O12. The SMILES string of the molecule is COC(=O)c1cn([C@H](CO)C(C)C)c2cc(OC)c(Cc3cc(N4CCOCC4)c(F)c(Cl)c3F)cc2c1=O.COc1cc2c(cc1Cc1cc(N3CCOCC3)c(F)c(Cl)c1F)c(=O)c(C(=O)O)cn2[C@H](CO)C(C)C. The summed E-state index contributed by atoms with van der Waals surface area (Å²) in [6, 6.07) is 7.98. The Balaban J connectivity index is 0.000000224. The van der Waals surface area contributed by atoms with Crippen molar-refractivity contribution in [1.29, 1.82) is 0 Å². The Morgan fingerprint density at radius 2 is 0.974 bits per heavy atom. The fourth-order valence-corrected chi connectivity index (χ4v) is 10.2. The first-order valence-electron chi connectivity index (χ1n) is 24.7. The van der Waals surface area contributed by atoms with E-state index in [4.69, 9.17) is 46.9 Å². The number of aliphatic hydroxyl groups is 2. The van der Waals surface area contributed by atoms with Crippen molar-refractivity contribution in [3.8, 4) is 11.5 Å². The molecule has 4 aromatic carbocycles. The number of esters is 1. The molecule has 414 valence electrons. The van der Waals surface area contributed by atoms with Crippen LogP contribution in [0.1, 0.15) is 82.7 Å². The van der Waals surface area contributed by atoms with Gasteiger partial charge in [-0.25, -0.2) is 27.2 Å². The largest absolute Gasteiger partial charge is 0.496 e. The second-order valence-corrected chi connectivity index (χ2v) is 20.0. The number of carbonyl (C=O) groups is 2. The van der Waals surface area contributed by atoms with Crippen LogP contribution in [0.15, 0.2) is 58.4 Å². The number of benzene rings is 4. The van der Waals surface area contributed by atoms with Crippen molar-refractivity contribution in [2.75, 3.05) is 96.9 Å². The molecule has 0 aliphatic carbocycles. The Kier molecular flexibility index (Phi) is 18.9. The van der Waals surface area contributed by atoms with E-state index in [1.807, 2.05) is 27.7 Å². The molecule has 6 aromatic rings. The Morgan fingerprint density at radius 3 is 1.31 bits per heavy atom. The van der Waals surface area contributed by atoms with Crippen molar-refractivity contribution in [3.63, 3.8) is 0 Å². The Bertz CT molecular complexity index is 3320. The highest BCUT2D eigenvalue weighted by Crippen LogP contribution is 2.38. The van der Waals surface area contributed by atoms with Crippen molar-refractivity contribution >= 4 is 68.3 Å². The van der Waals surface area contributed by atoms with Crippen LogP contribution in [0.25, 0.3) is 21.8 Å². The molecule has 22 heteroatoms. The molecule has 0 bridgehead atoms. The summed E-state index contributed by atoms with van der Waals surface area (Å²) in [6.07, 6.45) is 2.43. The van der Waals surface area contributed by atoms with Gasteiger partial charge >= 0.3 is 11.9 Å². The number of carbonyl (C=O) groups excluding carboxylic acids is 1. The second-order valence-electron chi connectivity index (χ2n) is 19.3. The molecular weight excluding hydrogens is 1060 g/mol. The number of halogens is 6. The number of aromatic carboxylic acids is 1. The van der Waals surface area contributed by atoms with E-state index in [2.05, 4.69) is 0 Å². The maximum absolute atomic E-state index is 15.2. The zero-order chi connectivity index (χ0) is 56.2. The second kappa shape index (κ2) is 24.9. The number of aliphatic hydroxyl groups excluding tert-OH is 2. The molecule has 2 aliphatic rings. The molecule has 2 saturated heterocycles. The number of fused-ring (bicyclic) bond motifs is 2. The predicted molar refractivity (Wildman–Crippen MR) is 284 cm³/mol. The molecule has 8 rings (SSSR count). The smallest absolute Gasteiger partial charge is 0.343 e. The number of aromatic nitrogens is 2. The van der Waals surface area contributed by atoms with Crippen LogP contribution in [-0.2, 0) is 27.1 Å². The van der Waals surface area contributed by atoms with Gasteiger partial charge in [0.1, 0.15) is 44.3 Å². The van der Waals surface area contributed by atoms with Crippen LogP contribution in [-0.4, -0.2) is 124 Å². The number of anilines is 2. The van der Waals surface area contributed by atoms with Crippen molar-refractivity contribution in [2.45, 2.75) is 52.6 Å². The summed E-state index contributed by atoms with van der Waals surface area (Å²) in [5.41, 5.74) is 0.132. The van der Waals surface area contributed by atoms with Gasteiger partial charge in [0.25, 0.3) is 0 Å². The summed E-state index contributed by atoms with van der Waals surface area (Å²) in [4.78, 5) is 54.4. The van der Waals surface area contributed by atoms with Gasteiger partial charge in [0, 0.05) is 74.3 Å². The molecule has 2 atom stereocenters. The fraction of sp³-hybridized carbons (Fsp3) is 0.418. The zero-order valence-corrected chi connectivity index (χ0v) is 45.0. The van der Waals surface area contributed by atoms with Crippen LogP contribution in [0.3, 0.4) is 0 Å². The molecule has 0 radical (unpaired) electrons. The minimum atomic E-state index is -1.41. The van der Waals surface area contributed by atoms with Crippen LogP contribution < -0.4 is 30.1 Å². The Morgan fingerprint density at radius 1 is 0.597 bits per heavy atom. The molecule has 2 aromatic heterocycles. The van der Waals surface area contributed by atoms with E-state index in [-0.39, 0.29) is 76.7 Å². The van der Waals surface area contributed by atoms with Gasteiger partial charge in [0.05, 0.1) is 95.5 Å². The number of carboxylic acid groups (broad SMARTS) is 1. The molecule has 4 heterocycles. The van der Waals surface area contributed by atoms with Crippen LogP contribution in [0, 0.1) is 35.1 Å². The van der Waals surface area contributed by atoms with E-state index in [1.165, 1.54) is 58.0 Å². The summed E-state index contributed by atoms with van der Waals surface area (Å²) in [7, 11) is 4.03. The Hall–Kier alpha value is -6.42. The van der Waals surface area contributed by atoms with Gasteiger partial charge in [0.15, 0.2) is 11.6 Å². The lowest BCUT2D eigenvalue weighted by atomic mass is 9.98. The highest BCUT2D eigenvalue weighted by atomic mass is 35.5. The lowest BCUT2D eigenvalue weighted by Gasteiger charge is -2.30. The first-order chi connectivity index (χ1) is 36.7. The normalized spacial score (nSPS) is 14.7. The van der Waals surface area contributed by atoms with Crippen molar-refractivity contribution < 1.29 is 66.2 Å². The molecule has 2 fully saturated rings. The van der Waals surface area contributed by atoms with E-state index in [9.17, 15) is 43.3 Å².